The zero-order valence-corrected chi connectivity index (χ0v) is 8.37. The molecule has 3 rings (SSSR count). The van der Waals surface area contributed by atoms with E-state index in [2.05, 4.69) is 19.5 Å². The summed E-state index contributed by atoms with van der Waals surface area (Å²) in [7, 11) is 0. The second kappa shape index (κ2) is 3.46. The molecule has 0 amide bonds. The SMILES string of the molecule is c1cnc(C2CCCc3cncn32)nc1. The molecule has 3 heterocycles. The van der Waals surface area contributed by atoms with Crippen LogP contribution < -0.4 is 0 Å². The van der Waals surface area contributed by atoms with E-state index in [1.807, 2.05) is 18.6 Å². The van der Waals surface area contributed by atoms with Crippen molar-refractivity contribution in [2.45, 2.75) is 25.3 Å². The third-order valence-corrected chi connectivity index (χ3v) is 2.88. The molecule has 0 aliphatic carbocycles. The Kier molecular flexibility index (Phi) is 1.98. The zero-order valence-electron chi connectivity index (χ0n) is 8.37. The molecule has 0 saturated heterocycles. The van der Waals surface area contributed by atoms with Gasteiger partial charge in [-0.25, -0.2) is 15.0 Å². The molecular formula is C11H12N4. The highest BCUT2D eigenvalue weighted by molar-refractivity contribution is 5.10. The number of fused-ring (bicyclic) bond motifs is 1. The van der Waals surface area contributed by atoms with Crippen molar-refractivity contribution in [3.63, 3.8) is 0 Å². The van der Waals surface area contributed by atoms with Crippen LogP contribution in [0, 0.1) is 0 Å². The van der Waals surface area contributed by atoms with Gasteiger partial charge in [-0.3, -0.25) is 0 Å². The first-order chi connectivity index (χ1) is 7.45. The van der Waals surface area contributed by atoms with Crippen molar-refractivity contribution in [1.82, 2.24) is 19.5 Å². The largest absolute Gasteiger partial charge is 0.324 e. The number of hydrogen-bond donors (Lipinski definition) is 0. The molecule has 4 nitrogen and oxygen atoms in total. The van der Waals surface area contributed by atoms with Gasteiger partial charge in [0.05, 0.1) is 12.4 Å². The molecule has 0 fully saturated rings. The molecular weight excluding hydrogens is 188 g/mol. The maximum atomic E-state index is 4.32. The molecule has 0 radical (unpaired) electrons. The molecule has 0 N–H and O–H groups in total. The van der Waals surface area contributed by atoms with Crippen molar-refractivity contribution in [2.75, 3.05) is 0 Å². The Hall–Kier alpha value is -1.71. The summed E-state index contributed by atoms with van der Waals surface area (Å²) < 4.78 is 2.19. The molecule has 2 aromatic rings. The monoisotopic (exact) mass is 200 g/mol. The predicted octanol–water partition coefficient (Wildman–Crippen LogP) is 1.60. The highest BCUT2D eigenvalue weighted by Gasteiger charge is 2.22. The second-order valence-corrected chi connectivity index (χ2v) is 3.81. The molecule has 0 bridgehead atoms. The van der Waals surface area contributed by atoms with Crippen LogP contribution in [0.15, 0.2) is 31.0 Å². The van der Waals surface area contributed by atoms with Crippen LogP contribution in [0.25, 0.3) is 0 Å². The van der Waals surface area contributed by atoms with Gasteiger partial charge in [0.1, 0.15) is 0 Å². The summed E-state index contributed by atoms with van der Waals surface area (Å²) in [5.74, 6) is 0.899. The van der Waals surface area contributed by atoms with Gasteiger partial charge in [0.25, 0.3) is 0 Å². The van der Waals surface area contributed by atoms with Crippen LogP contribution in [-0.2, 0) is 6.42 Å². The first kappa shape index (κ1) is 8.59. The van der Waals surface area contributed by atoms with Crippen LogP contribution in [0.3, 0.4) is 0 Å². The summed E-state index contributed by atoms with van der Waals surface area (Å²) in [4.78, 5) is 12.8. The van der Waals surface area contributed by atoms with Crippen LogP contribution in [-0.4, -0.2) is 19.5 Å². The van der Waals surface area contributed by atoms with Gasteiger partial charge in [-0.15, -0.1) is 0 Å². The predicted molar refractivity (Wildman–Crippen MR) is 55.3 cm³/mol. The molecule has 4 heteroatoms. The van der Waals surface area contributed by atoms with Crippen LogP contribution in [0.5, 0.6) is 0 Å². The minimum absolute atomic E-state index is 0.275. The van der Waals surface area contributed by atoms with Crippen molar-refractivity contribution < 1.29 is 0 Å². The van der Waals surface area contributed by atoms with Gasteiger partial charge >= 0.3 is 0 Å². The average Bonchev–Trinajstić information content (AvgIpc) is 2.78. The third-order valence-electron chi connectivity index (χ3n) is 2.88. The second-order valence-electron chi connectivity index (χ2n) is 3.81. The van der Waals surface area contributed by atoms with E-state index in [0.29, 0.717) is 0 Å². The molecule has 1 aliphatic heterocycles. The Bertz CT molecular complexity index is 449. The summed E-state index contributed by atoms with van der Waals surface area (Å²) in [5.41, 5.74) is 1.29. The summed E-state index contributed by atoms with van der Waals surface area (Å²) in [6.07, 6.45) is 10.8. The Morgan fingerprint density at radius 2 is 2.13 bits per heavy atom. The van der Waals surface area contributed by atoms with E-state index in [-0.39, 0.29) is 6.04 Å². The topological polar surface area (TPSA) is 43.6 Å². The lowest BCUT2D eigenvalue weighted by atomic mass is 10.0. The van der Waals surface area contributed by atoms with Crippen molar-refractivity contribution in [3.05, 3.63) is 42.5 Å². The Morgan fingerprint density at radius 3 is 3.00 bits per heavy atom. The molecule has 1 unspecified atom stereocenters. The van der Waals surface area contributed by atoms with E-state index in [4.69, 9.17) is 0 Å². The Labute approximate surface area is 88.0 Å². The Balaban J connectivity index is 2.03. The van der Waals surface area contributed by atoms with Gasteiger partial charge in [-0.2, -0.15) is 0 Å². The fraction of sp³-hybridized carbons (Fsp3) is 0.364. The highest BCUT2D eigenvalue weighted by atomic mass is 15.1. The quantitative estimate of drug-likeness (QED) is 0.702. The summed E-state index contributed by atoms with van der Waals surface area (Å²) in [5, 5.41) is 0. The third kappa shape index (κ3) is 1.42. The first-order valence-corrected chi connectivity index (χ1v) is 5.23. The molecule has 76 valence electrons. The van der Waals surface area contributed by atoms with E-state index in [1.165, 1.54) is 12.1 Å². The molecule has 1 atom stereocenters. The lowest BCUT2D eigenvalue weighted by Crippen LogP contribution is -2.19. The maximum Gasteiger partial charge on any atom is 0.150 e. The van der Waals surface area contributed by atoms with Gasteiger partial charge in [0.2, 0.25) is 0 Å². The number of rotatable bonds is 1. The van der Waals surface area contributed by atoms with Crippen LogP contribution in [0.2, 0.25) is 0 Å². The molecule has 0 spiro atoms. The van der Waals surface area contributed by atoms with E-state index >= 15 is 0 Å². The van der Waals surface area contributed by atoms with E-state index in [9.17, 15) is 0 Å². The molecule has 2 aromatic heterocycles. The van der Waals surface area contributed by atoms with E-state index in [0.717, 1.165) is 18.7 Å². The lowest BCUT2D eigenvalue weighted by Gasteiger charge is -2.23. The molecule has 1 aliphatic rings. The maximum absolute atomic E-state index is 4.32. The van der Waals surface area contributed by atoms with Gasteiger partial charge in [-0.05, 0) is 25.3 Å². The highest BCUT2D eigenvalue weighted by Crippen LogP contribution is 2.27. The van der Waals surface area contributed by atoms with Crippen molar-refractivity contribution in [3.8, 4) is 0 Å². The standard InChI is InChI=1S/C11H12N4/c1-3-9-7-12-8-15(9)10(4-1)11-13-5-2-6-14-11/h2,5-8,10H,1,3-4H2. The number of hydrogen-bond acceptors (Lipinski definition) is 3. The normalized spacial score (nSPS) is 19.9. The summed E-state index contributed by atoms with van der Waals surface area (Å²) >= 11 is 0. The van der Waals surface area contributed by atoms with Crippen molar-refractivity contribution in [1.29, 1.82) is 0 Å². The van der Waals surface area contributed by atoms with E-state index < -0.39 is 0 Å². The number of imidazole rings is 1. The first-order valence-electron chi connectivity index (χ1n) is 5.23. The fourth-order valence-electron chi connectivity index (χ4n) is 2.16. The van der Waals surface area contributed by atoms with Crippen molar-refractivity contribution >= 4 is 0 Å². The summed E-state index contributed by atoms with van der Waals surface area (Å²) in [6.45, 7) is 0. The average molecular weight is 200 g/mol. The van der Waals surface area contributed by atoms with Crippen LogP contribution >= 0.6 is 0 Å². The smallest absolute Gasteiger partial charge is 0.150 e. The van der Waals surface area contributed by atoms with Gasteiger partial charge in [0, 0.05) is 24.3 Å². The number of nitrogens with zero attached hydrogens (tertiary/aromatic N) is 4. The molecule has 15 heavy (non-hydrogen) atoms. The van der Waals surface area contributed by atoms with Gasteiger partial charge < -0.3 is 4.57 Å². The van der Waals surface area contributed by atoms with Gasteiger partial charge in [0.15, 0.2) is 5.82 Å². The molecule has 0 saturated carbocycles. The number of aromatic nitrogens is 4. The molecule has 0 aromatic carbocycles. The van der Waals surface area contributed by atoms with Crippen LogP contribution in [0.4, 0.5) is 0 Å². The minimum Gasteiger partial charge on any atom is -0.324 e. The number of aryl methyl sites for hydroxylation is 1. The van der Waals surface area contributed by atoms with Crippen molar-refractivity contribution in [2.24, 2.45) is 0 Å². The van der Waals surface area contributed by atoms with Gasteiger partial charge in [-0.1, -0.05) is 0 Å². The van der Waals surface area contributed by atoms with E-state index in [1.54, 1.807) is 12.4 Å². The summed E-state index contributed by atoms with van der Waals surface area (Å²) in [6, 6.07) is 2.12. The lowest BCUT2D eigenvalue weighted by molar-refractivity contribution is 0.439. The fourth-order valence-corrected chi connectivity index (χ4v) is 2.16. The minimum atomic E-state index is 0.275. The zero-order chi connectivity index (χ0) is 10.1. The van der Waals surface area contributed by atoms with Crippen LogP contribution in [0.1, 0.15) is 30.4 Å². The Morgan fingerprint density at radius 1 is 1.27 bits per heavy atom.